The monoisotopic (exact) mass is 435 g/mol. The second-order valence-electron chi connectivity index (χ2n) is 8.35. The maximum absolute atomic E-state index is 12.8. The van der Waals surface area contributed by atoms with Crippen LogP contribution in [0.15, 0.2) is 30.5 Å². The predicted molar refractivity (Wildman–Crippen MR) is 116 cm³/mol. The zero-order chi connectivity index (χ0) is 21.9. The van der Waals surface area contributed by atoms with E-state index in [0.717, 1.165) is 18.7 Å². The van der Waals surface area contributed by atoms with Crippen molar-refractivity contribution in [2.75, 3.05) is 26.2 Å². The molecule has 3 N–H and O–H groups in total. The third-order valence-electron chi connectivity index (χ3n) is 5.02. The molecule has 164 valence electrons. The number of benzene rings is 1. The SMILES string of the molecule is C[C@H]1CN(Cc2cccc(OCC(C)(C)O)c2Cl)CCN1C(=O)n1ccc(CN)n1. The van der Waals surface area contributed by atoms with Gasteiger partial charge in [0, 0.05) is 45.0 Å². The number of hydrogen-bond donors (Lipinski definition) is 2. The molecule has 0 unspecified atom stereocenters. The van der Waals surface area contributed by atoms with Gasteiger partial charge in [0.15, 0.2) is 0 Å². The van der Waals surface area contributed by atoms with Crippen molar-refractivity contribution in [3.05, 3.63) is 46.7 Å². The van der Waals surface area contributed by atoms with Crippen molar-refractivity contribution in [1.82, 2.24) is 19.6 Å². The molecule has 0 saturated carbocycles. The van der Waals surface area contributed by atoms with Gasteiger partial charge in [-0.1, -0.05) is 23.7 Å². The summed E-state index contributed by atoms with van der Waals surface area (Å²) in [5.41, 5.74) is 6.30. The van der Waals surface area contributed by atoms with E-state index in [4.69, 9.17) is 22.1 Å². The van der Waals surface area contributed by atoms with Gasteiger partial charge in [-0.2, -0.15) is 9.78 Å². The summed E-state index contributed by atoms with van der Waals surface area (Å²) in [6, 6.07) is 7.33. The van der Waals surface area contributed by atoms with Crippen LogP contribution in [0.3, 0.4) is 0 Å². The molecule has 1 atom stereocenters. The quantitative estimate of drug-likeness (QED) is 0.722. The minimum atomic E-state index is -0.933. The Morgan fingerprint density at radius 1 is 1.37 bits per heavy atom. The van der Waals surface area contributed by atoms with Crippen LogP contribution >= 0.6 is 11.6 Å². The number of hydrogen-bond acceptors (Lipinski definition) is 6. The number of nitrogens with zero attached hydrogens (tertiary/aromatic N) is 4. The Hall–Kier alpha value is -2.13. The van der Waals surface area contributed by atoms with E-state index in [9.17, 15) is 9.90 Å². The van der Waals surface area contributed by atoms with Crippen molar-refractivity contribution >= 4 is 17.6 Å². The van der Waals surface area contributed by atoms with Crippen LogP contribution in [0.5, 0.6) is 5.75 Å². The van der Waals surface area contributed by atoms with E-state index in [0.29, 0.717) is 36.1 Å². The fourth-order valence-electron chi connectivity index (χ4n) is 3.45. The van der Waals surface area contributed by atoms with Crippen molar-refractivity contribution in [2.24, 2.45) is 5.73 Å². The molecule has 2 heterocycles. The first-order valence-electron chi connectivity index (χ1n) is 10.1. The molecule has 30 heavy (non-hydrogen) atoms. The zero-order valence-corrected chi connectivity index (χ0v) is 18.5. The summed E-state index contributed by atoms with van der Waals surface area (Å²) < 4.78 is 7.04. The minimum Gasteiger partial charge on any atom is -0.489 e. The number of amides is 1. The molecule has 3 rings (SSSR count). The number of carbonyl (C=O) groups is 1. The van der Waals surface area contributed by atoms with Crippen LogP contribution in [0.2, 0.25) is 5.02 Å². The molecule has 1 fully saturated rings. The highest BCUT2D eigenvalue weighted by Gasteiger charge is 2.29. The molecule has 1 aromatic heterocycles. The lowest BCUT2D eigenvalue weighted by Gasteiger charge is -2.39. The van der Waals surface area contributed by atoms with Crippen LogP contribution in [0.1, 0.15) is 32.0 Å². The van der Waals surface area contributed by atoms with Gasteiger partial charge < -0.3 is 20.5 Å². The van der Waals surface area contributed by atoms with E-state index in [1.54, 1.807) is 32.2 Å². The number of rotatable bonds is 6. The van der Waals surface area contributed by atoms with Gasteiger partial charge in [0.2, 0.25) is 0 Å². The van der Waals surface area contributed by atoms with Gasteiger partial charge in [0.1, 0.15) is 12.4 Å². The van der Waals surface area contributed by atoms with E-state index < -0.39 is 5.60 Å². The number of halogens is 1. The fourth-order valence-corrected chi connectivity index (χ4v) is 3.69. The molecule has 1 aliphatic rings. The lowest BCUT2D eigenvalue weighted by atomic mass is 10.1. The molecular weight excluding hydrogens is 406 g/mol. The highest BCUT2D eigenvalue weighted by molar-refractivity contribution is 6.32. The molecule has 0 radical (unpaired) electrons. The first-order chi connectivity index (χ1) is 14.2. The fraction of sp³-hybridized carbons (Fsp3) is 0.524. The first-order valence-corrected chi connectivity index (χ1v) is 10.5. The second-order valence-corrected chi connectivity index (χ2v) is 8.72. The standard InChI is InChI=1S/C21H30ClN5O3/c1-15-12-25(9-10-26(15)20(28)27-8-7-17(11-23)24-27)13-16-5-4-6-18(19(16)22)30-14-21(2,3)29/h4-8,15,29H,9-14,23H2,1-3H3/t15-/m0/s1. The largest absolute Gasteiger partial charge is 0.489 e. The van der Waals surface area contributed by atoms with Crippen molar-refractivity contribution in [2.45, 2.75) is 45.5 Å². The lowest BCUT2D eigenvalue weighted by Crippen LogP contribution is -2.54. The predicted octanol–water partition coefficient (Wildman–Crippen LogP) is 2.32. The van der Waals surface area contributed by atoms with Crippen molar-refractivity contribution in [3.63, 3.8) is 0 Å². The van der Waals surface area contributed by atoms with Crippen LogP contribution in [-0.4, -0.2) is 68.6 Å². The van der Waals surface area contributed by atoms with Crippen LogP contribution in [-0.2, 0) is 13.1 Å². The summed E-state index contributed by atoms with van der Waals surface area (Å²) in [7, 11) is 0. The minimum absolute atomic E-state index is 0.0326. The Kier molecular flexibility index (Phi) is 7.02. The van der Waals surface area contributed by atoms with Crippen molar-refractivity contribution in [1.29, 1.82) is 0 Å². The molecule has 1 amide bonds. The first kappa shape index (κ1) is 22.6. The summed E-state index contributed by atoms with van der Waals surface area (Å²) in [5.74, 6) is 0.563. The maximum Gasteiger partial charge on any atom is 0.344 e. The normalized spacial score (nSPS) is 17.9. The summed E-state index contributed by atoms with van der Waals surface area (Å²) >= 11 is 6.55. The molecule has 2 aromatic rings. The van der Waals surface area contributed by atoms with Crippen LogP contribution in [0, 0.1) is 0 Å². The van der Waals surface area contributed by atoms with Gasteiger partial charge in [0.25, 0.3) is 0 Å². The maximum atomic E-state index is 12.8. The third kappa shape index (κ3) is 5.51. The Labute approximate surface area is 182 Å². The molecule has 9 heteroatoms. The van der Waals surface area contributed by atoms with Crippen molar-refractivity contribution < 1.29 is 14.6 Å². The van der Waals surface area contributed by atoms with Gasteiger partial charge in [-0.15, -0.1) is 0 Å². The van der Waals surface area contributed by atoms with Crippen LogP contribution in [0.4, 0.5) is 4.79 Å². The summed E-state index contributed by atoms with van der Waals surface area (Å²) in [5, 5.41) is 14.6. The average Bonchev–Trinajstić information content (AvgIpc) is 3.17. The zero-order valence-electron chi connectivity index (χ0n) is 17.7. The van der Waals surface area contributed by atoms with E-state index in [1.165, 1.54) is 4.68 Å². The van der Waals surface area contributed by atoms with E-state index in [2.05, 4.69) is 10.00 Å². The smallest absolute Gasteiger partial charge is 0.344 e. The summed E-state index contributed by atoms with van der Waals surface area (Å²) in [6.07, 6.45) is 1.66. The average molecular weight is 436 g/mol. The van der Waals surface area contributed by atoms with Gasteiger partial charge in [-0.05, 0) is 38.5 Å². The summed E-state index contributed by atoms with van der Waals surface area (Å²) in [4.78, 5) is 16.9. The second kappa shape index (κ2) is 9.34. The van der Waals surface area contributed by atoms with E-state index >= 15 is 0 Å². The number of aromatic nitrogens is 2. The molecule has 1 saturated heterocycles. The van der Waals surface area contributed by atoms with Crippen LogP contribution < -0.4 is 10.5 Å². The number of aliphatic hydroxyl groups is 1. The Morgan fingerprint density at radius 3 is 2.77 bits per heavy atom. The van der Waals surface area contributed by atoms with Crippen molar-refractivity contribution in [3.8, 4) is 5.75 Å². The molecular formula is C21H30ClN5O3. The number of nitrogens with two attached hydrogens (primary N) is 1. The third-order valence-corrected chi connectivity index (χ3v) is 5.45. The van der Waals surface area contributed by atoms with Gasteiger partial charge in [0.05, 0.1) is 16.3 Å². The van der Waals surface area contributed by atoms with Crippen LogP contribution in [0.25, 0.3) is 0 Å². The number of carbonyl (C=O) groups excluding carboxylic acids is 1. The molecule has 0 aliphatic carbocycles. The van der Waals surface area contributed by atoms with Gasteiger partial charge in [-0.25, -0.2) is 4.79 Å². The highest BCUT2D eigenvalue weighted by Crippen LogP contribution is 2.30. The Bertz CT molecular complexity index is 880. The Morgan fingerprint density at radius 2 is 2.13 bits per heavy atom. The molecule has 1 aromatic carbocycles. The topological polar surface area (TPSA) is 96.9 Å². The molecule has 0 spiro atoms. The summed E-state index contributed by atoms with van der Waals surface area (Å²) in [6.45, 7) is 8.58. The number of piperazine rings is 1. The molecule has 0 bridgehead atoms. The molecule has 8 nitrogen and oxygen atoms in total. The van der Waals surface area contributed by atoms with E-state index in [1.807, 2.05) is 24.0 Å². The lowest BCUT2D eigenvalue weighted by molar-refractivity contribution is 0.0284. The highest BCUT2D eigenvalue weighted by atomic mass is 35.5. The van der Waals surface area contributed by atoms with Gasteiger partial charge in [-0.3, -0.25) is 4.90 Å². The van der Waals surface area contributed by atoms with Gasteiger partial charge >= 0.3 is 6.03 Å². The molecule has 1 aliphatic heterocycles. The Balaban J connectivity index is 1.61. The van der Waals surface area contributed by atoms with E-state index in [-0.39, 0.29) is 18.7 Å². The number of ether oxygens (including phenoxy) is 1.